The van der Waals surface area contributed by atoms with E-state index in [4.69, 9.17) is 9.47 Å². The Labute approximate surface area is 256 Å². The quantitative estimate of drug-likeness (QED) is 0.218. The summed E-state index contributed by atoms with van der Waals surface area (Å²) in [6, 6.07) is 14.2. The number of hydrogen-bond acceptors (Lipinski definition) is 8. The molecular formula is C32H37N3O6S2. The van der Waals surface area contributed by atoms with Gasteiger partial charge in [0.15, 0.2) is 0 Å². The van der Waals surface area contributed by atoms with Gasteiger partial charge in [-0.3, -0.25) is 4.79 Å². The van der Waals surface area contributed by atoms with Crippen molar-refractivity contribution in [1.29, 1.82) is 0 Å². The third-order valence-electron chi connectivity index (χ3n) is 8.12. The molecule has 1 amide bonds. The molecule has 0 fully saturated rings. The number of nitrogens with zero attached hydrogens (tertiary/aromatic N) is 2. The summed E-state index contributed by atoms with van der Waals surface area (Å²) in [5.41, 5.74) is 5.27. The highest BCUT2D eigenvalue weighted by Crippen LogP contribution is 2.39. The van der Waals surface area contributed by atoms with Crippen LogP contribution in [-0.4, -0.2) is 43.2 Å². The fraction of sp³-hybridized carbons (Fsp3) is 0.375. The van der Waals surface area contributed by atoms with E-state index in [2.05, 4.69) is 34.0 Å². The van der Waals surface area contributed by atoms with E-state index >= 15 is 0 Å². The van der Waals surface area contributed by atoms with Gasteiger partial charge in [-0.15, -0.1) is 11.3 Å². The van der Waals surface area contributed by atoms with Gasteiger partial charge in [0.1, 0.15) is 11.5 Å². The van der Waals surface area contributed by atoms with Gasteiger partial charge in [-0.25, -0.2) is 9.71 Å². The van der Waals surface area contributed by atoms with Crippen LogP contribution < -0.4 is 14.2 Å². The number of aryl methyl sites for hydroxylation is 1. The van der Waals surface area contributed by atoms with E-state index in [0.717, 1.165) is 47.3 Å². The highest BCUT2D eigenvalue weighted by Gasteiger charge is 2.30. The molecule has 0 spiro atoms. The van der Waals surface area contributed by atoms with Crippen LogP contribution in [0.25, 0.3) is 0 Å². The smallest absolute Gasteiger partial charge is 0.291 e. The van der Waals surface area contributed by atoms with Crippen molar-refractivity contribution >= 4 is 27.3 Å². The predicted molar refractivity (Wildman–Crippen MR) is 165 cm³/mol. The second kappa shape index (κ2) is 13.3. The number of carbonyl (C=O) groups is 1. The van der Waals surface area contributed by atoms with Gasteiger partial charge in [0.2, 0.25) is 10.2 Å². The first-order chi connectivity index (χ1) is 20.7. The summed E-state index contributed by atoms with van der Waals surface area (Å²) in [6.45, 7) is 2.49. The average molecular weight is 624 g/mol. The lowest BCUT2D eigenvalue weighted by molar-refractivity contribution is -0.119. The number of sulfonamides is 1. The normalized spacial score (nSPS) is 14.7. The molecule has 2 aromatic carbocycles. The third-order valence-corrected chi connectivity index (χ3v) is 10.7. The predicted octanol–water partition coefficient (Wildman–Crippen LogP) is 4.86. The molecule has 2 aromatic heterocycles. The number of rotatable bonds is 13. The molecule has 2 atom stereocenters. The van der Waals surface area contributed by atoms with E-state index in [1.807, 2.05) is 42.1 Å². The van der Waals surface area contributed by atoms with Crippen LogP contribution in [0.2, 0.25) is 0 Å². The van der Waals surface area contributed by atoms with E-state index < -0.39 is 22.0 Å². The van der Waals surface area contributed by atoms with E-state index in [0.29, 0.717) is 30.4 Å². The number of benzene rings is 2. The zero-order valence-electron chi connectivity index (χ0n) is 24.5. The molecule has 0 bridgehead atoms. The molecule has 0 saturated heterocycles. The number of amides is 1. The van der Waals surface area contributed by atoms with E-state index in [9.17, 15) is 18.3 Å². The van der Waals surface area contributed by atoms with Crippen LogP contribution in [0.3, 0.4) is 0 Å². The lowest BCUT2D eigenvalue weighted by Crippen LogP contribution is -2.30. The maximum absolute atomic E-state index is 12.4. The van der Waals surface area contributed by atoms with Crippen LogP contribution in [-0.2, 0) is 40.6 Å². The number of hydrogen-bond donors (Lipinski definition) is 2. The first-order valence-corrected chi connectivity index (χ1v) is 16.6. The lowest BCUT2D eigenvalue weighted by Gasteiger charge is -2.27. The van der Waals surface area contributed by atoms with Crippen molar-refractivity contribution in [3.63, 3.8) is 0 Å². The van der Waals surface area contributed by atoms with E-state index in [-0.39, 0.29) is 16.7 Å². The Morgan fingerprint density at radius 3 is 2.42 bits per heavy atom. The average Bonchev–Trinajstić information content (AvgIpc) is 3.77. The highest BCUT2D eigenvalue weighted by molar-refractivity contribution is 7.92. The van der Waals surface area contributed by atoms with Crippen LogP contribution in [0.4, 0.5) is 0 Å². The standard InChI is InChI=1S/C32H37N3O6S2/c1-21-28(40-2)17-26(18-29(21)41-3)31(37)27(16-23-14-24-6-4-5-7-25(24)15-23)20-35-12-10-22(19-35)8-9-30(36)34-43(38,39)32-33-11-13-42-32/h4-7,10-13,17-19,23,27,31,37H,8-9,14-16,20H2,1-3H3,(H,34,36)/t27-,31+/m0/s1. The molecule has 2 N–H and O–H groups in total. The van der Waals surface area contributed by atoms with Crippen molar-refractivity contribution in [2.75, 3.05) is 14.2 Å². The second-order valence-corrected chi connectivity index (χ2v) is 13.8. The molecule has 2 heterocycles. The maximum atomic E-state index is 12.4. The van der Waals surface area contributed by atoms with Crippen molar-refractivity contribution in [3.05, 3.63) is 94.3 Å². The van der Waals surface area contributed by atoms with Gasteiger partial charge in [0.25, 0.3) is 10.0 Å². The molecule has 9 nitrogen and oxygen atoms in total. The monoisotopic (exact) mass is 623 g/mol. The topological polar surface area (TPSA) is 120 Å². The molecule has 1 aliphatic carbocycles. The van der Waals surface area contributed by atoms with E-state index in [1.165, 1.54) is 17.3 Å². The summed E-state index contributed by atoms with van der Waals surface area (Å²) in [4.78, 5) is 16.2. The lowest BCUT2D eigenvalue weighted by atomic mass is 9.85. The summed E-state index contributed by atoms with van der Waals surface area (Å²) in [5.74, 6) is 1.05. The summed E-state index contributed by atoms with van der Waals surface area (Å²) in [5, 5.41) is 13.3. The number of fused-ring (bicyclic) bond motifs is 1. The summed E-state index contributed by atoms with van der Waals surface area (Å²) < 4.78 is 39.8. The first kappa shape index (κ1) is 30.8. The maximum Gasteiger partial charge on any atom is 0.291 e. The second-order valence-electron chi connectivity index (χ2n) is 11.1. The van der Waals surface area contributed by atoms with Crippen molar-refractivity contribution in [3.8, 4) is 11.5 Å². The van der Waals surface area contributed by atoms with Gasteiger partial charge in [-0.2, -0.15) is 8.42 Å². The van der Waals surface area contributed by atoms with Crippen molar-refractivity contribution < 1.29 is 27.8 Å². The number of nitrogens with one attached hydrogen (secondary N) is 1. The Balaban J connectivity index is 1.30. The zero-order chi connectivity index (χ0) is 30.6. The van der Waals surface area contributed by atoms with Crippen molar-refractivity contribution in [1.82, 2.24) is 14.3 Å². The number of thiazole rings is 1. The molecule has 1 aliphatic rings. The van der Waals surface area contributed by atoms with Gasteiger partial charge < -0.3 is 19.1 Å². The number of methoxy groups -OCH3 is 2. The molecule has 0 aliphatic heterocycles. The van der Waals surface area contributed by atoms with Gasteiger partial charge in [-0.05, 0) is 79.0 Å². The number of aromatic nitrogens is 2. The Morgan fingerprint density at radius 2 is 1.81 bits per heavy atom. The van der Waals surface area contributed by atoms with Crippen LogP contribution in [0.1, 0.15) is 46.8 Å². The third kappa shape index (κ3) is 7.29. The van der Waals surface area contributed by atoms with E-state index in [1.54, 1.807) is 19.6 Å². The summed E-state index contributed by atoms with van der Waals surface area (Å²) >= 11 is 0.957. The fourth-order valence-electron chi connectivity index (χ4n) is 5.97. The van der Waals surface area contributed by atoms with Crippen LogP contribution in [0.15, 0.2) is 70.8 Å². The number of aliphatic hydroxyl groups excluding tert-OH is 1. The van der Waals surface area contributed by atoms with Gasteiger partial charge in [0, 0.05) is 48.4 Å². The van der Waals surface area contributed by atoms with Crippen LogP contribution >= 0.6 is 11.3 Å². The Bertz CT molecular complexity index is 1620. The molecule has 0 radical (unpaired) electrons. The van der Waals surface area contributed by atoms with Crippen LogP contribution in [0.5, 0.6) is 11.5 Å². The molecule has 0 saturated carbocycles. The molecule has 43 heavy (non-hydrogen) atoms. The number of carbonyl (C=O) groups excluding carboxylic acids is 1. The minimum Gasteiger partial charge on any atom is -0.496 e. The Kier molecular flexibility index (Phi) is 9.53. The Morgan fingerprint density at radius 1 is 1.14 bits per heavy atom. The molecule has 228 valence electrons. The van der Waals surface area contributed by atoms with Gasteiger partial charge >= 0.3 is 0 Å². The largest absolute Gasteiger partial charge is 0.496 e. The molecule has 4 aromatic rings. The molecular weight excluding hydrogens is 587 g/mol. The molecule has 0 unspecified atom stereocenters. The number of aliphatic hydroxyl groups is 1. The van der Waals surface area contributed by atoms with Gasteiger partial charge in [-0.1, -0.05) is 24.3 Å². The summed E-state index contributed by atoms with van der Waals surface area (Å²) in [7, 11) is -0.730. The highest BCUT2D eigenvalue weighted by atomic mass is 32.2. The minimum absolute atomic E-state index is 0.0178. The molecule has 11 heteroatoms. The molecule has 5 rings (SSSR count). The zero-order valence-corrected chi connectivity index (χ0v) is 26.2. The van der Waals surface area contributed by atoms with Crippen LogP contribution in [0, 0.1) is 18.8 Å². The number of ether oxygens (including phenoxy) is 2. The first-order valence-electron chi connectivity index (χ1n) is 14.2. The Hall–Kier alpha value is -3.67. The minimum atomic E-state index is -3.95. The SMILES string of the molecule is COc1cc([C@@H](O)[C@@H](CC2Cc3ccccc3C2)Cn2ccc(CCC(=O)NS(=O)(=O)c3nccs3)c2)cc(OC)c1C. The summed E-state index contributed by atoms with van der Waals surface area (Å²) in [6.07, 6.45) is 7.70. The van der Waals surface area contributed by atoms with Crippen molar-refractivity contribution in [2.24, 2.45) is 11.8 Å². The van der Waals surface area contributed by atoms with Crippen molar-refractivity contribution in [2.45, 2.75) is 56.0 Å². The fourth-order valence-corrected chi connectivity index (χ4v) is 7.81. The van der Waals surface area contributed by atoms with Gasteiger partial charge in [0.05, 0.1) is 20.3 Å².